The first-order valence-electron chi connectivity index (χ1n) is 6.41. The van der Waals surface area contributed by atoms with Gasteiger partial charge in [-0.2, -0.15) is 0 Å². The highest BCUT2D eigenvalue weighted by Crippen LogP contribution is 2.36. The number of oxime groups is 1. The first-order chi connectivity index (χ1) is 9.08. The second-order valence-corrected chi connectivity index (χ2v) is 5.09. The first kappa shape index (κ1) is 13.5. The number of carbonyl (C=O) groups is 2. The summed E-state index contributed by atoms with van der Waals surface area (Å²) in [5.74, 6) is 0.0694. The topological polar surface area (TPSA) is 66.7 Å². The average molecular weight is 259 g/mol. The van der Waals surface area contributed by atoms with Crippen LogP contribution in [0.4, 0.5) is 0 Å². The van der Waals surface area contributed by atoms with Crippen molar-refractivity contribution in [2.24, 2.45) is 10.6 Å². The average Bonchev–Trinajstić information content (AvgIpc) is 2.73. The van der Waals surface area contributed by atoms with Crippen molar-refractivity contribution in [3.63, 3.8) is 0 Å². The molecule has 0 saturated heterocycles. The molecule has 1 aliphatic carbocycles. The van der Waals surface area contributed by atoms with Crippen LogP contribution < -0.4 is 0 Å². The lowest BCUT2D eigenvalue weighted by Crippen LogP contribution is -2.30. The fourth-order valence-corrected chi connectivity index (χ4v) is 2.52. The van der Waals surface area contributed by atoms with Crippen LogP contribution in [-0.4, -0.2) is 22.5 Å². The van der Waals surface area contributed by atoms with Crippen molar-refractivity contribution in [1.82, 2.24) is 0 Å². The number of hydrogen-bond donors (Lipinski definition) is 1. The fourth-order valence-electron chi connectivity index (χ4n) is 2.52. The standard InChI is InChI=1S/C15H17NO3/c1-15(13(16-19)7-8-14(15)18)10-9-12(17)11-5-3-2-4-6-11/h2-6,19H,7-10H2,1H3/b16-13+. The van der Waals surface area contributed by atoms with Gasteiger partial charge in [-0.05, 0) is 19.8 Å². The van der Waals surface area contributed by atoms with E-state index in [4.69, 9.17) is 5.21 Å². The van der Waals surface area contributed by atoms with Gasteiger partial charge in [0.05, 0.1) is 11.1 Å². The van der Waals surface area contributed by atoms with Crippen molar-refractivity contribution in [2.45, 2.75) is 32.6 Å². The lowest BCUT2D eigenvalue weighted by atomic mass is 9.80. The van der Waals surface area contributed by atoms with Crippen molar-refractivity contribution in [3.8, 4) is 0 Å². The van der Waals surface area contributed by atoms with Gasteiger partial charge in [0, 0.05) is 18.4 Å². The maximum absolute atomic E-state index is 12.0. The van der Waals surface area contributed by atoms with Crippen LogP contribution in [0.15, 0.2) is 35.5 Å². The number of hydrogen-bond acceptors (Lipinski definition) is 4. The molecule has 1 saturated carbocycles. The fraction of sp³-hybridized carbons (Fsp3) is 0.400. The number of carbonyl (C=O) groups excluding carboxylic acids is 2. The minimum atomic E-state index is -0.779. The molecule has 0 heterocycles. The molecule has 0 radical (unpaired) electrons. The molecule has 1 atom stereocenters. The smallest absolute Gasteiger partial charge is 0.162 e. The third kappa shape index (κ3) is 2.57. The molecule has 4 heteroatoms. The van der Waals surface area contributed by atoms with Gasteiger partial charge < -0.3 is 5.21 Å². The molecule has 19 heavy (non-hydrogen) atoms. The molecule has 1 aromatic rings. The van der Waals surface area contributed by atoms with E-state index in [1.807, 2.05) is 18.2 Å². The summed E-state index contributed by atoms with van der Waals surface area (Å²) in [4.78, 5) is 23.9. The Morgan fingerprint density at radius 2 is 2.00 bits per heavy atom. The summed E-state index contributed by atoms with van der Waals surface area (Å²) >= 11 is 0. The Morgan fingerprint density at radius 1 is 1.32 bits per heavy atom. The van der Waals surface area contributed by atoms with Crippen LogP contribution in [0.5, 0.6) is 0 Å². The molecule has 0 aromatic heterocycles. The van der Waals surface area contributed by atoms with Gasteiger partial charge in [0.1, 0.15) is 5.78 Å². The van der Waals surface area contributed by atoms with E-state index >= 15 is 0 Å². The predicted molar refractivity (Wildman–Crippen MR) is 71.6 cm³/mol. The van der Waals surface area contributed by atoms with Crippen LogP contribution in [-0.2, 0) is 4.79 Å². The Hall–Kier alpha value is -1.97. The summed E-state index contributed by atoms with van der Waals surface area (Å²) in [5.41, 5.74) is 0.372. The monoisotopic (exact) mass is 259 g/mol. The minimum Gasteiger partial charge on any atom is -0.411 e. The summed E-state index contributed by atoms with van der Waals surface area (Å²) < 4.78 is 0. The molecule has 1 aliphatic rings. The van der Waals surface area contributed by atoms with Gasteiger partial charge in [0.2, 0.25) is 0 Å². The third-order valence-electron chi connectivity index (χ3n) is 3.91. The van der Waals surface area contributed by atoms with Gasteiger partial charge in [-0.3, -0.25) is 9.59 Å². The van der Waals surface area contributed by atoms with E-state index in [1.54, 1.807) is 19.1 Å². The van der Waals surface area contributed by atoms with Gasteiger partial charge in [0.25, 0.3) is 0 Å². The molecule has 0 amide bonds. The number of nitrogens with zero attached hydrogens (tertiary/aromatic N) is 1. The number of rotatable bonds is 4. The Balaban J connectivity index is 2.06. The Kier molecular flexibility index (Phi) is 3.79. The minimum absolute atomic E-state index is 0.0128. The van der Waals surface area contributed by atoms with E-state index in [0.717, 1.165) is 0 Å². The SMILES string of the molecule is CC1(CCC(=O)c2ccccc2)C(=O)CC/C1=N\O. The maximum atomic E-state index is 12.0. The zero-order valence-electron chi connectivity index (χ0n) is 10.9. The summed E-state index contributed by atoms with van der Waals surface area (Å²) in [6, 6.07) is 9.02. The Bertz CT molecular complexity index is 521. The number of Topliss-reactive ketones (excluding diaryl/α,β-unsaturated/α-hetero) is 2. The normalized spacial score (nSPS) is 24.9. The molecule has 100 valence electrons. The molecule has 1 fully saturated rings. The van der Waals surface area contributed by atoms with Crippen molar-refractivity contribution >= 4 is 17.3 Å². The number of ketones is 2. The van der Waals surface area contributed by atoms with Crippen molar-refractivity contribution < 1.29 is 14.8 Å². The van der Waals surface area contributed by atoms with Gasteiger partial charge in [-0.15, -0.1) is 0 Å². The highest BCUT2D eigenvalue weighted by atomic mass is 16.4. The molecule has 4 nitrogen and oxygen atoms in total. The van der Waals surface area contributed by atoms with Gasteiger partial charge in [-0.25, -0.2) is 0 Å². The van der Waals surface area contributed by atoms with E-state index in [9.17, 15) is 9.59 Å². The molecule has 2 rings (SSSR count). The molecule has 1 unspecified atom stereocenters. The lowest BCUT2D eigenvalue weighted by molar-refractivity contribution is -0.123. The van der Waals surface area contributed by atoms with Crippen LogP contribution >= 0.6 is 0 Å². The second kappa shape index (κ2) is 5.34. The van der Waals surface area contributed by atoms with Gasteiger partial charge in [0.15, 0.2) is 5.78 Å². The van der Waals surface area contributed by atoms with E-state index in [-0.39, 0.29) is 18.0 Å². The zero-order valence-corrected chi connectivity index (χ0v) is 10.9. The third-order valence-corrected chi connectivity index (χ3v) is 3.91. The molecule has 0 aliphatic heterocycles. The highest BCUT2D eigenvalue weighted by Gasteiger charge is 2.43. The summed E-state index contributed by atoms with van der Waals surface area (Å²) in [6.07, 6.45) is 1.57. The highest BCUT2D eigenvalue weighted by molar-refractivity contribution is 6.15. The van der Waals surface area contributed by atoms with Crippen LogP contribution in [0.2, 0.25) is 0 Å². The summed E-state index contributed by atoms with van der Waals surface area (Å²) in [7, 11) is 0. The van der Waals surface area contributed by atoms with E-state index in [0.29, 0.717) is 30.5 Å². The van der Waals surface area contributed by atoms with E-state index < -0.39 is 5.41 Å². The van der Waals surface area contributed by atoms with Crippen LogP contribution in [0.3, 0.4) is 0 Å². The Labute approximate surface area is 112 Å². The van der Waals surface area contributed by atoms with Crippen LogP contribution in [0.25, 0.3) is 0 Å². The quantitative estimate of drug-likeness (QED) is 0.513. The predicted octanol–water partition coefficient (Wildman–Crippen LogP) is 2.85. The van der Waals surface area contributed by atoms with E-state index in [1.165, 1.54) is 0 Å². The summed E-state index contributed by atoms with van der Waals surface area (Å²) in [5, 5.41) is 12.2. The van der Waals surface area contributed by atoms with Crippen molar-refractivity contribution in [3.05, 3.63) is 35.9 Å². The lowest BCUT2D eigenvalue weighted by Gasteiger charge is -2.21. The first-order valence-corrected chi connectivity index (χ1v) is 6.41. The summed E-state index contributed by atoms with van der Waals surface area (Å²) in [6.45, 7) is 1.76. The van der Waals surface area contributed by atoms with Crippen LogP contribution in [0, 0.1) is 5.41 Å². The molecule has 1 N–H and O–H groups in total. The number of benzene rings is 1. The molecule has 0 bridgehead atoms. The molecule has 0 spiro atoms. The molecular weight excluding hydrogens is 242 g/mol. The second-order valence-electron chi connectivity index (χ2n) is 5.09. The molecule has 1 aromatic carbocycles. The zero-order chi connectivity index (χ0) is 13.9. The molecular formula is C15H17NO3. The van der Waals surface area contributed by atoms with E-state index in [2.05, 4.69) is 5.16 Å². The van der Waals surface area contributed by atoms with Gasteiger partial charge >= 0.3 is 0 Å². The maximum Gasteiger partial charge on any atom is 0.162 e. The van der Waals surface area contributed by atoms with Crippen molar-refractivity contribution in [1.29, 1.82) is 0 Å². The van der Waals surface area contributed by atoms with Gasteiger partial charge in [-0.1, -0.05) is 35.5 Å². The Morgan fingerprint density at radius 3 is 2.63 bits per heavy atom. The largest absolute Gasteiger partial charge is 0.411 e. The van der Waals surface area contributed by atoms with Crippen LogP contribution in [0.1, 0.15) is 43.0 Å². The van der Waals surface area contributed by atoms with Crippen molar-refractivity contribution in [2.75, 3.05) is 0 Å².